The van der Waals surface area contributed by atoms with E-state index >= 15 is 0 Å². The number of hydrogen-bond donors (Lipinski definition) is 0. The molecule has 2 rings (SSSR count). The molecule has 0 spiro atoms. The standard InChI is InChI=1S/C15H21BrN2O/c1-17(12-13-6-8-14(16)9-7-13)15(19)18-10-4-2-3-5-11-18/h6-9H,2-5,10-12H2,1H3. The Hall–Kier alpha value is -1.03. The van der Waals surface area contributed by atoms with Crippen LogP contribution in [0.1, 0.15) is 31.2 Å². The molecule has 1 fully saturated rings. The maximum absolute atomic E-state index is 12.4. The van der Waals surface area contributed by atoms with Crippen molar-refractivity contribution in [3.63, 3.8) is 0 Å². The van der Waals surface area contributed by atoms with Crippen LogP contribution in [0.25, 0.3) is 0 Å². The van der Waals surface area contributed by atoms with E-state index in [0.717, 1.165) is 36.0 Å². The highest BCUT2D eigenvalue weighted by Crippen LogP contribution is 2.14. The lowest BCUT2D eigenvalue weighted by atomic mass is 10.2. The number of carbonyl (C=O) groups excluding carboxylic acids is 1. The van der Waals surface area contributed by atoms with Crippen molar-refractivity contribution in [1.29, 1.82) is 0 Å². The number of halogens is 1. The number of urea groups is 1. The van der Waals surface area contributed by atoms with Crippen molar-refractivity contribution in [3.8, 4) is 0 Å². The Balaban J connectivity index is 1.92. The molecule has 19 heavy (non-hydrogen) atoms. The second-order valence-electron chi connectivity index (χ2n) is 5.17. The van der Waals surface area contributed by atoms with Gasteiger partial charge in [-0.05, 0) is 30.5 Å². The Morgan fingerprint density at radius 2 is 1.74 bits per heavy atom. The van der Waals surface area contributed by atoms with Crippen LogP contribution in [0.4, 0.5) is 4.79 Å². The van der Waals surface area contributed by atoms with E-state index in [1.807, 2.05) is 29.0 Å². The second-order valence-corrected chi connectivity index (χ2v) is 6.08. The predicted octanol–water partition coefficient (Wildman–Crippen LogP) is 3.88. The average Bonchev–Trinajstić information content (AvgIpc) is 2.69. The minimum atomic E-state index is 0.157. The first-order chi connectivity index (χ1) is 9.16. The Labute approximate surface area is 123 Å². The first-order valence-electron chi connectivity index (χ1n) is 6.91. The molecule has 1 aliphatic heterocycles. The van der Waals surface area contributed by atoms with Crippen molar-refractivity contribution >= 4 is 22.0 Å². The van der Waals surface area contributed by atoms with Crippen molar-refractivity contribution < 1.29 is 4.79 Å². The molecular formula is C15H21BrN2O. The van der Waals surface area contributed by atoms with Crippen molar-refractivity contribution in [3.05, 3.63) is 34.3 Å². The van der Waals surface area contributed by atoms with Crippen LogP contribution < -0.4 is 0 Å². The molecule has 0 atom stereocenters. The van der Waals surface area contributed by atoms with Gasteiger partial charge in [-0.3, -0.25) is 0 Å². The molecule has 1 saturated heterocycles. The third-order valence-corrected chi connectivity index (χ3v) is 4.06. The van der Waals surface area contributed by atoms with Gasteiger partial charge in [-0.15, -0.1) is 0 Å². The maximum atomic E-state index is 12.4. The molecule has 0 unspecified atom stereocenters. The van der Waals surface area contributed by atoms with E-state index in [1.54, 1.807) is 0 Å². The second kappa shape index (κ2) is 6.94. The highest BCUT2D eigenvalue weighted by molar-refractivity contribution is 9.10. The number of likely N-dealkylation sites (tertiary alicyclic amines) is 1. The minimum Gasteiger partial charge on any atom is -0.325 e. The Morgan fingerprint density at radius 1 is 1.16 bits per heavy atom. The zero-order valence-corrected chi connectivity index (χ0v) is 13.0. The van der Waals surface area contributed by atoms with E-state index < -0.39 is 0 Å². The van der Waals surface area contributed by atoms with Crippen LogP contribution in [-0.4, -0.2) is 36.0 Å². The first-order valence-corrected chi connectivity index (χ1v) is 7.70. The molecule has 0 N–H and O–H groups in total. The van der Waals surface area contributed by atoms with Crippen LogP contribution in [0.5, 0.6) is 0 Å². The Morgan fingerprint density at radius 3 is 2.32 bits per heavy atom. The number of hydrogen-bond acceptors (Lipinski definition) is 1. The van der Waals surface area contributed by atoms with Gasteiger partial charge in [-0.1, -0.05) is 40.9 Å². The van der Waals surface area contributed by atoms with Crippen LogP contribution in [0.2, 0.25) is 0 Å². The molecule has 0 radical (unpaired) electrons. The van der Waals surface area contributed by atoms with Gasteiger partial charge in [0.15, 0.2) is 0 Å². The number of rotatable bonds is 2. The summed E-state index contributed by atoms with van der Waals surface area (Å²) in [7, 11) is 1.88. The number of nitrogens with zero attached hydrogens (tertiary/aromatic N) is 2. The van der Waals surface area contributed by atoms with E-state index in [-0.39, 0.29) is 6.03 Å². The largest absolute Gasteiger partial charge is 0.325 e. The van der Waals surface area contributed by atoms with Crippen LogP contribution >= 0.6 is 15.9 Å². The first kappa shape index (κ1) is 14.4. The lowest BCUT2D eigenvalue weighted by Crippen LogP contribution is -2.41. The SMILES string of the molecule is CN(Cc1ccc(Br)cc1)C(=O)N1CCCCCC1. The summed E-state index contributed by atoms with van der Waals surface area (Å²) in [5.41, 5.74) is 1.16. The van der Waals surface area contributed by atoms with E-state index in [2.05, 4.69) is 28.1 Å². The molecule has 104 valence electrons. The lowest BCUT2D eigenvalue weighted by molar-refractivity contribution is 0.162. The van der Waals surface area contributed by atoms with Gasteiger partial charge in [0.25, 0.3) is 0 Å². The third kappa shape index (κ3) is 4.23. The van der Waals surface area contributed by atoms with Gasteiger partial charge in [-0.2, -0.15) is 0 Å². The number of amides is 2. The van der Waals surface area contributed by atoms with Crippen LogP contribution in [0.15, 0.2) is 28.7 Å². The summed E-state index contributed by atoms with van der Waals surface area (Å²) < 4.78 is 1.07. The fourth-order valence-corrected chi connectivity index (χ4v) is 2.70. The summed E-state index contributed by atoms with van der Waals surface area (Å²) in [6.45, 7) is 2.48. The summed E-state index contributed by atoms with van der Waals surface area (Å²) in [4.78, 5) is 16.2. The van der Waals surface area contributed by atoms with E-state index in [1.165, 1.54) is 12.8 Å². The summed E-state index contributed by atoms with van der Waals surface area (Å²) in [5, 5.41) is 0. The predicted molar refractivity (Wildman–Crippen MR) is 81.0 cm³/mol. The molecule has 1 aromatic rings. The zero-order valence-electron chi connectivity index (χ0n) is 11.4. The van der Waals surface area contributed by atoms with Gasteiger partial charge in [0, 0.05) is 31.2 Å². The quantitative estimate of drug-likeness (QED) is 0.809. The molecule has 3 nitrogen and oxygen atoms in total. The molecule has 0 saturated carbocycles. The van der Waals surface area contributed by atoms with Gasteiger partial charge in [0.2, 0.25) is 0 Å². The smallest absolute Gasteiger partial charge is 0.320 e. The Kier molecular flexibility index (Phi) is 5.25. The minimum absolute atomic E-state index is 0.157. The van der Waals surface area contributed by atoms with E-state index in [4.69, 9.17) is 0 Å². The Bertz CT molecular complexity index is 411. The van der Waals surface area contributed by atoms with Crippen molar-refractivity contribution in [2.45, 2.75) is 32.2 Å². The fraction of sp³-hybridized carbons (Fsp3) is 0.533. The van der Waals surface area contributed by atoms with Gasteiger partial charge >= 0.3 is 6.03 Å². The molecule has 1 heterocycles. The van der Waals surface area contributed by atoms with Gasteiger partial charge < -0.3 is 9.80 Å². The van der Waals surface area contributed by atoms with Crippen LogP contribution in [0.3, 0.4) is 0 Å². The van der Waals surface area contributed by atoms with Crippen molar-refractivity contribution in [1.82, 2.24) is 9.80 Å². The summed E-state index contributed by atoms with van der Waals surface area (Å²) >= 11 is 3.42. The van der Waals surface area contributed by atoms with E-state index in [9.17, 15) is 4.79 Å². The highest BCUT2D eigenvalue weighted by atomic mass is 79.9. The molecule has 2 amide bonds. The maximum Gasteiger partial charge on any atom is 0.320 e. The van der Waals surface area contributed by atoms with Gasteiger partial charge in [0.1, 0.15) is 0 Å². The molecule has 0 bridgehead atoms. The molecule has 1 aromatic carbocycles. The molecule has 1 aliphatic rings. The number of benzene rings is 1. The zero-order chi connectivity index (χ0) is 13.7. The lowest BCUT2D eigenvalue weighted by Gasteiger charge is -2.27. The van der Waals surface area contributed by atoms with Crippen molar-refractivity contribution in [2.24, 2.45) is 0 Å². The monoisotopic (exact) mass is 324 g/mol. The third-order valence-electron chi connectivity index (χ3n) is 3.54. The highest BCUT2D eigenvalue weighted by Gasteiger charge is 2.19. The summed E-state index contributed by atoms with van der Waals surface area (Å²) in [6.07, 6.45) is 4.77. The van der Waals surface area contributed by atoms with Gasteiger partial charge in [0.05, 0.1) is 0 Å². The molecule has 4 heteroatoms. The van der Waals surface area contributed by atoms with Crippen LogP contribution in [0, 0.1) is 0 Å². The molecular weight excluding hydrogens is 304 g/mol. The van der Waals surface area contributed by atoms with Crippen LogP contribution in [-0.2, 0) is 6.54 Å². The normalized spacial score (nSPS) is 16.0. The van der Waals surface area contributed by atoms with Crippen molar-refractivity contribution in [2.75, 3.05) is 20.1 Å². The van der Waals surface area contributed by atoms with E-state index in [0.29, 0.717) is 6.54 Å². The molecule has 0 aliphatic carbocycles. The average molecular weight is 325 g/mol. The topological polar surface area (TPSA) is 23.6 Å². The number of carbonyl (C=O) groups is 1. The summed E-state index contributed by atoms with van der Waals surface area (Å²) in [6, 6.07) is 8.29. The molecule has 0 aromatic heterocycles. The summed E-state index contributed by atoms with van der Waals surface area (Å²) in [5.74, 6) is 0. The fourth-order valence-electron chi connectivity index (χ4n) is 2.43. The van der Waals surface area contributed by atoms with Gasteiger partial charge in [-0.25, -0.2) is 4.79 Å².